The normalized spacial score (nSPS) is 23.6. The fraction of sp³-hybridized carbons (Fsp3) is 0.435. The molecule has 2 aromatic carbocycles. The molecule has 0 spiro atoms. The smallest absolute Gasteiger partial charge is 0.253 e. The van der Waals surface area contributed by atoms with Crippen LogP contribution in [0, 0.1) is 0 Å². The second-order valence-corrected chi connectivity index (χ2v) is 8.26. The van der Waals surface area contributed by atoms with Crippen LogP contribution in [-0.2, 0) is 6.54 Å². The molecule has 0 saturated carbocycles. The van der Waals surface area contributed by atoms with E-state index in [1.165, 1.54) is 0 Å². The van der Waals surface area contributed by atoms with E-state index in [2.05, 4.69) is 16.3 Å². The second-order valence-electron chi connectivity index (χ2n) is 7.86. The molecule has 6 heteroatoms. The number of amides is 1. The maximum absolute atomic E-state index is 12.7. The third-order valence-corrected chi connectivity index (χ3v) is 6.51. The van der Waals surface area contributed by atoms with E-state index in [4.69, 9.17) is 21.1 Å². The van der Waals surface area contributed by atoms with Gasteiger partial charge in [-0.05, 0) is 56.0 Å². The van der Waals surface area contributed by atoms with Gasteiger partial charge in [0.05, 0.1) is 24.8 Å². The van der Waals surface area contributed by atoms with Crippen molar-refractivity contribution in [1.82, 2.24) is 10.2 Å². The number of nitrogens with zero attached hydrogens (tertiary/aromatic N) is 1. The molecule has 2 atom stereocenters. The number of rotatable bonds is 6. The molecule has 2 aromatic rings. The highest BCUT2D eigenvalue weighted by Gasteiger charge is 2.41. The van der Waals surface area contributed by atoms with Gasteiger partial charge in [0.25, 0.3) is 5.91 Å². The molecule has 2 aliphatic rings. The lowest BCUT2D eigenvalue weighted by Crippen LogP contribution is -2.50. The SMILES string of the molecule is COc1ccc(OC)c(CN2C3CCC2CC(NC(=O)c2ccccc2Cl)C3)c1. The number of methoxy groups -OCH3 is 2. The Labute approximate surface area is 176 Å². The number of hydrogen-bond donors (Lipinski definition) is 1. The van der Waals surface area contributed by atoms with Crippen LogP contribution >= 0.6 is 11.6 Å². The number of ether oxygens (including phenoxy) is 2. The van der Waals surface area contributed by atoms with E-state index in [1.54, 1.807) is 26.4 Å². The van der Waals surface area contributed by atoms with Gasteiger partial charge in [0.1, 0.15) is 11.5 Å². The summed E-state index contributed by atoms with van der Waals surface area (Å²) in [6.07, 6.45) is 4.24. The van der Waals surface area contributed by atoms with Gasteiger partial charge in [-0.15, -0.1) is 0 Å². The zero-order chi connectivity index (χ0) is 20.4. The fourth-order valence-corrected chi connectivity index (χ4v) is 4.98. The maximum Gasteiger partial charge on any atom is 0.253 e. The van der Waals surface area contributed by atoms with Gasteiger partial charge in [-0.2, -0.15) is 0 Å². The summed E-state index contributed by atoms with van der Waals surface area (Å²) in [5.41, 5.74) is 1.69. The number of halogens is 1. The van der Waals surface area contributed by atoms with E-state index in [0.717, 1.165) is 49.3 Å². The molecule has 0 radical (unpaired) electrons. The van der Waals surface area contributed by atoms with E-state index in [0.29, 0.717) is 22.7 Å². The highest BCUT2D eigenvalue weighted by molar-refractivity contribution is 6.33. The molecular weight excluding hydrogens is 388 g/mol. The summed E-state index contributed by atoms with van der Waals surface area (Å²) in [6.45, 7) is 0.834. The van der Waals surface area contributed by atoms with E-state index in [9.17, 15) is 4.79 Å². The van der Waals surface area contributed by atoms with Gasteiger partial charge in [0.2, 0.25) is 0 Å². The molecule has 2 fully saturated rings. The zero-order valence-electron chi connectivity index (χ0n) is 16.9. The number of carbonyl (C=O) groups is 1. The quantitative estimate of drug-likeness (QED) is 0.766. The minimum absolute atomic E-state index is 0.0806. The zero-order valence-corrected chi connectivity index (χ0v) is 17.6. The number of benzene rings is 2. The highest BCUT2D eigenvalue weighted by atomic mass is 35.5. The monoisotopic (exact) mass is 414 g/mol. The molecule has 2 saturated heterocycles. The lowest BCUT2D eigenvalue weighted by atomic mass is 9.96. The van der Waals surface area contributed by atoms with Crippen LogP contribution in [0.1, 0.15) is 41.6 Å². The number of fused-ring (bicyclic) bond motifs is 2. The first kappa shape index (κ1) is 20.0. The number of nitrogens with one attached hydrogen (secondary N) is 1. The standard InChI is InChI=1S/C23H27ClN2O3/c1-28-19-9-10-22(29-2)15(11-19)14-26-17-7-8-18(26)13-16(12-17)25-23(27)20-5-3-4-6-21(20)24/h3-6,9-11,16-18H,7-8,12-14H2,1-2H3,(H,25,27). The first-order valence-electron chi connectivity index (χ1n) is 10.1. The van der Waals surface area contributed by atoms with Crippen molar-refractivity contribution < 1.29 is 14.3 Å². The number of piperidine rings is 1. The first-order chi connectivity index (χ1) is 14.1. The van der Waals surface area contributed by atoms with Gasteiger partial charge in [-0.3, -0.25) is 9.69 Å². The molecule has 2 unspecified atom stereocenters. The van der Waals surface area contributed by atoms with Gasteiger partial charge < -0.3 is 14.8 Å². The summed E-state index contributed by atoms with van der Waals surface area (Å²) < 4.78 is 11.0. The summed E-state index contributed by atoms with van der Waals surface area (Å²) in [7, 11) is 3.39. The Morgan fingerprint density at radius 3 is 2.48 bits per heavy atom. The number of hydrogen-bond acceptors (Lipinski definition) is 4. The van der Waals surface area contributed by atoms with Crippen LogP contribution in [0.15, 0.2) is 42.5 Å². The van der Waals surface area contributed by atoms with Crippen molar-refractivity contribution in [1.29, 1.82) is 0 Å². The van der Waals surface area contributed by atoms with Crippen LogP contribution in [0.5, 0.6) is 11.5 Å². The Kier molecular flexibility index (Phi) is 5.97. The van der Waals surface area contributed by atoms with Crippen LogP contribution in [0.3, 0.4) is 0 Å². The van der Waals surface area contributed by atoms with E-state index >= 15 is 0 Å². The van der Waals surface area contributed by atoms with E-state index in [1.807, 2.05) is 24.3 Å². The lowest BCUT2D eigenvalue weighted by Gasteiger charge is -2.39. The van der Waals surface area contributed by atoms with Crippen LogP contribution in [-0.4, -0.2) is 43.2 Å². The van der Waals surface area contributed by atoms with Crippen LogP contribution in [0.2, 0.25) is 5.02 Å². The third kappa shape index (κ3) is 4.21. The molecular formula is C23H27ClN2O3. The van der Waals surface area contributed by atoms with Gasteiger partial charge in [-0.1, -0.05) is 23.7 Å². The van der Waals surface area contributed by atoms with Gasteiger partial charge in [0.15, 0.2) is 0 Å². The average molecular weight is 415 g/mol. The molecule has 1 amide bonds. The summed E-state index contributed by atoms with van der Waals surface area (Å²) in [6, 6.07) is 14.3. The molecule has 29 heavy (non-hydrogen) atoms. The van der Waals surface area contributed by atoms with Crippen molar-refractivity contribution >= 4 is 17.5 Å². The molecule has 0 aromatic heterocycles. The predicted octanol–water partition coefficient (Wildman–Crippen LogP) is 4.28. The largest absolute Gasteiger partial charge is 0.497 e. The fourth-order valence-electron chi connectivity index (χ4n) is 4.76. The third-order valence-electron chi connectivity index (χ3n) is 6.18. The molecule has 2 heterocycles. The summed E-state index contributed by atoms with van der Waals surface area (Å²) in [5.74, 6) is 1.65. The van der Waals surface area contributed by atoms with Gasteiger partial charge >= 0.3 is 0 Å². The van der Waals surface area contributed by atoms with Crippen molar-refractivity contribution in [3.05, 3.63) is 58.6 Å². The van der Waals surface area contributed by atoms with Crippen molar-refractivity contribution in [2.24, 2.45) is 0 Å². The van der Waals surface area contributed by atoms with Crippen molar-refractivity contribution in [3.8, 4) is 11.5 Å². The Morgan fingerprint density at radius 2 is 1.83 bits per heavy atom. The van der Waals surface area contributed by atoms with Crippen molar-refractivity contribution in [2.45, 2.75) is 50.4 Å². The number of carbonyl (C=O) groups excluding carboxylic acids is 1. The van der Waals surface area contributed by atoms with Gasteiger partial charge in [0, 0.05) is 30.2 Å². The summed E-state index contributed by atoms with van der Waals surface area (Å²) in [5, 5.41) is 3.70. The van der Waals surface area contributed by atoms with E-state index < -0.39 is 0 Å². The molecule has 1 N–H and O–H groups in total. The Bertz CT molecular complexity index is 874. The highest BCUT2D eigenvalue weighted by Crippen LogP contribution is 2.38. The molecule has 154 valence electrons. The molecule has 2 aliphatic heterocycles. The van der Waals surface area contributed by atoms with Crippen molar-refractivity contribution in [3.63, 3.8) is 0 Å². The van der Waals surface area contributed by atoms with E-state index in [-0.39, 0.29) is 11.9 Å². The lowest BCUT2D eigenvalue weighted by molar-refractivity contribution is 0.0825. The minimum Gasteiger partial charge on any atom is -0.497 e. The van der Waals surface area contributed by atoms with Crippen LogP contribution < -0.4 is 14.8 Å². The summed E-state index contributed by atoms with van der Waals surface area (Å²) >= 11 is 6.18. The topological polar surface area (TPSA) is 50.8 Å². The average Bonchev–Trinajstić information content (AvgIpc) is 2.96. The van der Waals surface area contributed by atoms with Crippen LogP contribution in [0.4, 0.5) is 0 Å². The Hall–Kier alpha value is -2.24. The minimum atomic E-state index is -0.0806. The van der Waals surface area contributed by atoms with Crippen LogP contribution in [0.25, 0.3) is 0 Å². The predicted molar refractivity (Wildman–Crippen MR) is 114 cm³/mol. The Balaban J connectivity index is 1.43. The summed E-state index contributed by atoms with van der Waals surface area (Å²) in [4.78, 5) is 15.2. The molecule has 4 rings (SSSR count). The first-order valence-corrected chi connectivity index (χ1v) is 10.5. The molecule has 5 nitrogen and oxygen atoms in total. The second kappa shape index (κ2) is 8.64. The van der Waals surface area contributed by atoms with Gasteiger partial charge in [-0.25, -0.2) is 0 Å². The maximum atomic E-state index is 12.7. The molecule has 0 aliphatic carbocycles. The molecule has 2 bridgehead atoms. The van der Waals surface area contributed by atoms with Crippen molar-refractivity contribution in [2.75, 3.05) is 14.2 Å². The Morgan fingerprint density at radius 1 is 1.10 bits per heavy atom.